The summed E-state index contributed by atoms with van der Waals surface area (Å²) in [7, 11) is 1.96. The normalized spacial score (nSPS) is 21.7. The van der Waals surface area contributed by atoms with Crippen LogP contribution in [0.3, 0.4) is 0 Å². The summed E-state index contributed by atoms with van der Waals surface area (Å²) in [5, 5.41) is 12.4. The van der Waals surface area contributed by atoms with E-state index in [2.05, 4.69) is 5.32 Å². The SMILES string of the molecule is CNCCC(CO)C1CCOCC1. The van der Waals surface area contributed by atoms with Crippen LogP contribution in [0.25, 0.3) is 0 Å². The zero-order valence-electron chi connectivity index (χ0n) is 8.46. The van der Waals surface area contributed by atoms with Crippen molar-refractivity contribution in [1.82, 2.24) is 5.32 Å². The Hall–Kier alpha value is -0.120. The van der Waals surface area contributed by atoms with Gasteiger partial charge in [0.25, 0.3) is 0 Å². The van der Waals surface area contributed by atoms with Crippen molar-refractivity contribution in [2.75, 3.05) is 33.4 Å². The van der Waals surface area contributed by atoms with E-state index in [1.54, 1.807) is 0 Å². The quantitative estimate of drug-likeness (QED) is 0.663. The van der Waals surface area contributed by atoms with Crippen molar-refractivity contribution in [2.24, 2.45) is 11.8 Å². The summed E-state index contributed by atoms with van der Waals surface area (Å²) in [5.41, 5.74) is 0. The Bertz CT molecular complexity index is 124. The molecule has 78 valence electrons. The second-order valence-electron chi connectivity index (χ2n) is 3.78. The largest absolute Gasteiger partial charge is 0.396 e. The summed E-state index contributed by atoms with van der Waals surface area (Å²) >= 11 is 0. The van der Waals surface area contributed by atoms with Crippen molar-refractivity contribution >= 4 is 0 Å². The smallest absolute Gasteiger partial charge is 0.0468 e. The zero-order valence-corrected chi connectivity index (χ0v) is 8.46. The highest BCUT2D eigenvalue weighted by atomic mass is 16.5. The molecule has 0 aliphatic carbocycles. The lowest BCUT2D eigenvalue weighted by molar-refractivity contribution is 0.0314. The van der Waals surface area contributed by atoms with E-state index in [1.165, 1.54) is 0 Å². The van der Waals surface area contributed by atoms with Crippen LogP contribution < -0.4 is 5.32 Å². The van der Waals surface area contributed by atoms with E-state index >= 15 is 0 Å². The van der Waals surface area contributed by atoms with Gasteiger partial charge in [-0.2, -0.15) is 0 Å². The average Bonchev–Trinajstić information content (AvgIpc) is 2.21. The predicted octanol–water partition coefficient (Wildman–Crippen LogP) is 0.631. The summed E-state index contributed by atoms with van der Waals surface area (Å²) in [5.74, 6) is 1.14. The van der Waals surface area contributed by atoms with Crippen LogP contribution in [0.1, 0.15) is 19.3 Å². The lowest BCUT2D eigenvalue weighted by atomic mass is 9.84. The minimum absolute atomic E-state index is 0.326. The van der Waals surface area contributed by atoms with Gasteiger partial charge in [-0.15, -0.1) is 0 Å². The number of aliphatic hydroxyl groups excluding tert-OH is 1. The molecule has 1 unspecified atom stereocenters. The molecule has 1 heterocycles. The predicted molar refractivity (Wildman–Crippen MR) is 52.7 cm³/mol. The lowest BCUT2D eigenvalue weighted by Crippen LogP contribution is -2.28. The first kappa shape index (κ1) is 11.0. The molecule has 0 saturated carbocycles. The third kappa shape index (κ3) is 3.63. The van der Waals surface area contributed by atoms with Gasteiger partial charge < -0.3 is 15.2 Å². The fourth-order valence-corrected chi connectivity index (χ4v) is 1.99. The highest BCUT2D eigenvalue weighted by molar-refractivity contribution is 4.72. The van der Waals surface area contributed by atoms with Crippen molar-refractivity contribution in [3.05, 3.63) is 0 Å². The van der Waals surface area contributed by atoms with Gasteiger partial charge in [-0.05, 0) is 44.7 Å². The minimum Gasteiger partial charge on any atom is -0.396 e. The molecular weight excluding hydrogens is 166 g/mol. The second-order valence-corrected chi connectivity index (χ2v) is 3.78. The molecule has 3 nitrogen and oxygen atoms in total. The number of rotatable bonds is 5. The maximum atomic E-state index is 9.24. The molecule has 0 amide bonds. The standard InChI is InChI=1S/C10H21NO2/c1-11-5-2-10(8-12)9-3-6-13-7-4-9/h9-12H,2-8H2,1H3. The van der Waals surface area contributed by atoms with E-state index in [1.807, 2.05) is 7.05 Å². The van der Waals surface area contributed by atoms with Crippen LogP contribution in [0.4, 0.5) is 0 Å². The molecule has 0 aromatic carbocycles. The van der Waals surface area contributed by atoms with Crippen LogP contribution >= 0.6 is 0 Å². The summed E-state index contributed by atoms with van der Waals surface area (Å²) in [4.78, 5) is 0. The fraction of sp³-hybridized carbons (Fsp3) is 1.00. The second kappa shape index (κ2) is 6.35. The van der Waals surface area contributed by atoms with Gasteiger partial charge in [-0.1, -0.05) is 0 Å². The van der Waals surface area contributed by atoms with Crippen LogP contribution in [0.15, 0.2) is 0 Å². The number of hydrogen-bond acceptors (Lipinski definition) is 3. The molecule has 13 heavy (non-hydrogen) atoms. The van der Waals surface area contributed by atoms with Gasteiger partial charge in [0.1, 0.15) is 0 Å². The van der Waals surface area contributed by atoms with Crippen molar-refractivity contribution in [2.45, 2.75) is 19.3 Å². The lowest BCUT2D eigenvalue weighted by Gasteiger charge is -2.29. The summed E-state index contributed by atoms with van der Waals surface area (Å²) in [6, 6.07) is 0. The number of aliphatic hydroxyl groups is 1. The first-order chi connectivity index (χ1) is 6.38. The van der Waals surface area contributed by atoms with Gasteiger partial charge in [-0.3, -0.25) is 0 Å². The summed E-state index contributed by atoms with van der Waals surface area (Å²) < 4.78 is 5.30. The van der Waals surface area contributed by atoms with Crippen molar-refractivity contribution in [1.29, 1.82) is 0 Å². The topological polar surface area (TPSA) is 41.5 Å². The van der Waals surface area contributed by atoms with E-state index in [0.29, 0.717) is 18.4 Å². The first-order valence-electron chi connectivity index (χ1n) is 5.21. The van der Waals surface area contributed by atoms with E-state index in [4.69, 9.17) is 4.74 Å². The van der Waals surface area contributed by atoms with Crippen LogP contribution in [0.5, 0.6) is 0 Å². The highest BCUT2D eigenvalue weighted by Crippen LogP contribution is 2.25. The van der Waals surface area contributed by atoms with Crippen LogP contribution in [-0.2, 0) is 4.74 Å². The molecule has 3 heteroatoms. The molecular formula is C10H21NO2. The monoisotopic (exact) mass is 187 g/mol. The van der Waals surface area contributed by atoms with Gasteiger partial charge in [-0.25, -0.2) is 0 Å². The van der Waals surface area contributed by atoms with E-state index in [9.17, 15) is 5.11 Å². The van der Waals surface area contributed by atoms with E-state index < -0.39 is 0 Å². The molecule has 1 fully saturated rings. The fourth-order valence-electron chi connectivity index (χ4n) is 1.99. The Morgan fingerprint density at radius 1 is 1.46 bits per heavy atom. The Balaban J connectivity index is 2.26. The molecule has 1 saturated heterocycles. The van der Waals surface area contributed by atoms with Crippen molar-refractivity contribution in [3.63, 3.8) is 0 Å². The number of ether oxygens (including phenoxy) is 1. The average molecular weight is 187 g/mol. The van der Waals surface area contributed by atoms with Gasteiger partial charge in [0.15, 0.2) is 0 Å². The van der Waals surface area contributed by atoms with Gasteiger partial charge in [0, 0.05) is 19.8 Å². The summed E-state index contributed by atoms with van der Waals surface area (Å²) in [6.45, 7) is 3.08. The highest BCUT2D eigenvalue weighted by Gasteiger charge is 2.22. The Morgan fingerprint density at radius 3 is 2.69 bits per heavy atom. The summed E-state index contributed by atoms with van der Waals surface area (Å²) in [6.07, 6.45) is 3.32. The third-order valence-corrected chi connectivity index (χ3v) is 2.93. The molecule has 1 atom stereocenters. The maximum Gasteiger partial charge on any atom is 0.0468 e. The van der Waals surface area contributed by atoms with Gasteiger partial charge >= 0.3 is 0 Å². The first-order valence-corrected chi connectivity index (χ1v) is 5.21. The number of nitrogens with one attached hydrogen (secondary N) is 1. The molecule has 2 N–H and O–H groups in total. The minimum atomic E-state index is 0.326. The third-order valence-electron chi connectivity index (χ3n) is 2.93. The Kier molecular flexibility index (Phi) is 5.35. The van der Waals surface area contributed by atoms with Crippen molar-refractivity contribution in [3.8, 4) is 0 Å². The zero-order chi connectivity index (χ0) is 9.52. The molecule has 0 spiro atoms. The molecule has 0 radical (unpaired) electrons. The van der Waals surface area contributed by atoms with Crippen LogP contribution in [0.2, 0.25) is 0 Å². The molecule has 0 aromatic heterocycles. The van der Waals surface area contributed by atoms with E-state index in [0.717, 1.165) is 39.0 Å². The van der Waals surface area contributed by atoms with Gasteiger partial charge in [0.2, 0.25) is 0 Å². The molecule has 0 aromatic rings. The van der Waals surface area contributed by atoms with Crippen molar-refractivity contribution < 1.29 is 9.84 Å². The molecule has 1 aliphatic heterocycles. The van der Waals surface area contributed by atoms with E-state index in [-0.39, 0.29) is 0 Å². The molecule has 0 bridgehead atoms. The van der Waals surface area contributed by atoms with Gasteiger partial charge in [0.05, 0.1) is 0 Å². The number of hydrogen-bond donors (Lipinski definition) is 2. The Morgan fingerprint density at radius 2 is 2.15 bits per heavy atom. The van der Waals surface area contributed by atoms with Crippen LogP contribution in [-0.4, -0.2) is 38.5 Å². The van der Waals surface area contributed by atoms with Crippen LogP contribution in [0, 0.1) is 11.8 Å². The molecule has 1 rings (SSSR count). The Labute approximate surface area is 80.5 Å². The molecule has 1 aliphatic rings. The maximum absolute atomic E-state index is 9.24.